The summed E-state index contributed by atoms with van der Waals surface area (Å²) < 4.78 is 0. The van der Waals surface area contributed by atoms with Crippen molar-refractivity contribution < 1.29 is 0 Å². The van der Waals surface area contributed by atoms with Crippen molar-refractivity contribution in [3.05, 3.63) is 58.5 Å². The second-order valence-corrected chi connectivity index (χ2v) is 7.66. The maximum absolute atomic E-state index is 5.54. The first-order valence-electron chi connectivity index (χ1n) is 8.24. The van der Waals surface area contributed by atoms with Crippen LogP contribution in [0.25, 0.3) is 22.3 Å². The van der Waals surface area contributed by atoms with Crippen LogP contribution in [0.4, 0.5) is 5.69 Å². The number of rotatable bonds is 2. The van der Waals surface area contributed by atoms with Gasteiger partial charge in [-0.05, 0) is 70.1 Å². The zero-order chi connectivity index (χ0) is 16.1. The highest BCUT2D eigenvalue weighted by atomic mass is 32.1. The van der Waals surface area contributed by atoms with Crippen molar-refractivity contribution in [3.63, 3.8) is 0 Å². The van der Waals surface area contributed by atoms with Crippen LogP contribution in [0.3, 0.4) is 0 Å². The van der Waals surface area contributed by atoms with E-state index >= 15 is 0 Å². The lowest BCUT2D eigenvalue weighted by Gasteiger charge is -2.28. The second kappa shape index (κ2) is 5.50. The largest absolute Gasteiger partial charge is 0.335 e. The van der Waals surface area contributed by atoms with Gasteiger partial charge in [-0.1, -0.05) is 12.2 Å². The Balaban J connectivity index is 1.62. The van der Waals surface area contributed by atoms with Crippen molar-refractivity contribution in [2.75, 3.05) is 11.4 Å². The van der Waals surface area contributed by atoms with Crippen LogP contribution >= 0.6 is 23.6 Å². The number of thiocarbonyl (C=S) groups is 1. The van der Waals surface area contributed by atoms with E-state index in [0.29, 0.717) is 0 Å². The van der Waals surface area contributed by atoms with E-state index in [1.54, 1.807) is 11.3 Å². The minimum absolute atomic E-state index is 0.998. The average molecular weight is 348 g/mol. The topological polar surface area (TPSA) is 16.1 Å². The third-order valence-corrected chi connectivity index (χ3v) is 6.09. The summed E-state index contributed by atoms with van der Waals surface area (Å²) in [6.07, 6.45) is 7.07. The fourth-order valence-corrected chi connectivity index (χ4v) is 4.76. The molecular weight excluding hydrogens is 332 g/mol. The molecule has 0 saturated carbocycles. The van der Waals surface area contributed by atoms with E-state index in [-0.39, 0.29) is 0 Å². The van der Waals surface area contributed by atoms with Crippen LogP contribution < -0.4 is 4.90 Å². The number of anilines is 1. The molecule has 3 aromatic rings. The van der Waals surface area contributed by atoms with Crippen LogP contribution in [0.15, 0.2) is 47.4 Å². The summed E-state index contributed by atoms with van der Waals surface area (Å²) >= 11 is 7.26. The lowest BCUT2D eigenvalue weighted by Crippen LogP contribution is -2.31. The van der Waals surface area contributed by atoms with Crippen LogP contribution in [-0.4, -0.2) is 16.5 Å². The Kier molecular flexibility index (Phi) is 3.28. The Morgan fingerprint density at radius 2 is 1.71 bits per heavy atom. The molecule has 5 rings (SSSR count). The molecule has 0 fully saturated rings. The van der Waals surface area contributed by atoms with Crippen LogP contribution in [0.5, 0.6) is 0 Å². The number of aryl methyl sites for hydroxylation is 1. The molecule has 2 aromatic heterocycles. The lowest BCUT2D eigenvalue weighted by molar-refractivity contribution is 0.943. The number of pyridine rings is 1. The number of hydrogen-bond acceptors (Lipinski definition) is 3. The quantitative estimate of drug-likeness (QED) is 0.599. The molecule has 0 bridgehead atoms. The number of thiophene rings is 1. The van der Waals surface area contributed by atoms with E-state index in [0.717, 1.165) is 30.8 Å². The van der Waals surface area contributed by atoms with Gasteiger partial charge in [0.2, 0.25) is 0 Å². The predicted octanol–water partition coefficient (Wildman–Crippen LogP) is 5.11. The molecule has 0 aliphatic carbocycles. The smallest absolute Gasteiger partial charge is 0.0827 e. The summed E-state index contributed by atoms with van der Waals surface area (Å²) in [5.74, 6) is 0. The summed E-state index contributed by atoms with van der Waals surface area (Å²) in [4.78, 5) is 7.93. The summed E-state index contributed by atoms with van der Waals surface area (Å²) in [6, 6.07) is 9.08. The Morgan fingerprint density at radius 3 is 2.50 bits per heavy atom. The maximum Gasteiger partial charge on any atom is 0.0827 e. The van der Waals surface area contributed by atoms with Gasteiger partial charge < -0.3 is 4.90 Å². The molecule has 4 heterocycles. The van der Waals surface area contributed by atoms with Crippen LogP contribution in [0.2, 0.25) is 0 Å². The van der Waals surface area contributed by atoms with E-state index in [4.69, 9.17) is 12.2 Å². The minimum Gasteiger partial charge on any atom is -0.335 e. The van der Waals surface area contributed by atoms with Crippen LogP contribution in [0, 0.1) is 0 Å². The molecule has 1 aromatic carbocycles. The molecular formula is C20H16N2S2. The Bertz CT molecular complexity index is 944. The summed E-state index contributed by atoms with van der Waals surface area (Å²) in [6.45, 7) is 1.04. The molecule has 0 saturated heterocycles. The number of aromatic nitrogens is 1. The van der Waals surface area contributed by atoms with Crippen molar-refractivity contribution >= 4 is 34.2 Å². The fourth-order valence-electron chi connectivity index (χ4n) is 3.81. The first kappa shape index (κ1) is 14.3. The summed E-state index contributed by atoms with van der Waals surface area (Å²) in [5.41, 5.74) is 9.17. The first-order chi connectivity index (χ1) is 11.8. The lowest BCUT2D eigenvalue weighted by atomic mass is 9.94. The highest BCUT2D eigenvalue weighted by molar-refractivity contribution is 7.80. The first-order valence-corrected chi connectivity index (χ1v) is 9.59. The number of benzene rings is 1. The van der Waals surface area contributed by atoms with Gasteiger partial charge >= 0.3 is 0 Å². The average Bonchev–Trinajstić information content (AvgIpc) is 3.29. The minimum atomic E-state index is 0.998. The van der Waals surface area contributed by atoms with Gasteiger partial charge in [0.25, 0.3) is 0 Å². The standard InChI is InChI=1S/C20H16N2S2/c23-19-2-1-13-7-16(8-14-3-5-22(19)20(13)14)18-9-17(10-21-11-18)15-4-6-24-12-15/h4,6-12H,1-3,5H2. The van der Waals surface area contributed by atoms with E-state index in [2.05, 4.69) is 44.9 Å². The molecule has 0 radical (unpaired) electrons. The monoisotopic (exact) mass is 348 g/mol. The van der Waals surface area contributed by atoms with Gasteiger partial charge in [0.05, 0.1) is 4.99 Å². The van der Waals surface area contributed by atoms with Crippen molar-refractivity contribution in [1.82, 2.24) is 4.98 Å². The highest BCUT2D eigenvalue weighted by Gasteiger charge is 2.29. The molecule has 2 aliphatic heterocycles. The second-order valence-electron chi connectivity index (χ2n) is 6.41. The Morgan fingerprint density at radius 1 is 0.917 bits per heavy atom. The summed E-state index contributed by atoms with van der Waals surface area (Å²) in [7, 11) is 0. The van der Waals surface area contributed by atoms with E-state index in [1.807, 2.05) is 12.4 Å². The number of hydrogen-bond donors (Lipinski definition) is 0. The molecule has 4 heteroatoms. The zero-order valence-electron chi connectivity index (χ0n) is 13.2. The van der Waals surface area contributed by atoms with Crippen molar-refractivity contribution in [1.29, 1.82) is 0 Å². The Hall–Kier alpha value is -2.04. The van der Waals surface area contributed by atoms with Gasteiger partial charge in [-0.2, -0.15) is 11.3 Å². The zero-order valence-corrected chi connectivity index (χ0v) is 14.8. The van der Waals surface area contributed by atoms with Gasteiger partial charge in [0.15, 0.2) is 0 Å². The van der Waals surface area contributed by atoms with Gasteiger partial charge in [-0.15, -0.1) is 0 Å². The highest BCUT2D eigenvalue weighted by Crippen LogP contribution is 2.40. The molecule has 0 amide bonds. The molecule has 24 heavy (non-hydrogen) atoms. The molecule has 2 nitrogen and oxygen atoms in total. The van der Waals surface area contributed by atoms with Gasteiger partial charge in [0, 0.05) is 42.2 Å². The van der Waals surface area contributed by atoms with Gasteiger partial charge in [-0.25, -0.2) is 0 Å². The molecule has 0 atom stereocenters. The molecule has 0 spiro atoms. The maximum atomic E-state index is 5.54. The molecule has 118 valence electrons. The normalized spacial score (nSPS) is 15.7. The molecule has 0 N–H and O–H groups in total. The van der Waals surface area contributed by atoms with Gasteiger partial charge in [0.1, 0.15) is 0 Å². The predicted molar refractivity (Wildman–Crippen MR) is 105 cm³/mol. The van der Waals surface area contributed by atoms with E-state index in [1.165, 1.54) is 39.1 Å². The fraction of sp³-hybridized carbons (Fsp3) is 0.200. The van der Waals surface area contributed by atoms with Gasteiger partial charge in [-0.3, -0.25) is 4.98 Å². The molecule has 2 aliphatic rings. The SMILES string of the molecule is S=C1CCc2cc(-c3cncc(-c4ccsc4)c3)cc3c2N1CC3. The van der Waals surface area contributed by atoms with Crippen molar-refractivity contribution in [2.45, 2.75) is 19.3 Å². The molecule has 0 unspecified atom stereocenters. The van der Waals surface area contributed by atoms with Crippen molar-refractivity contribution in [2.24, 2.45) is 0 Å². The summed E-state index contributed by atoms with van der Waals surface area (Å²) in [5, 5.41) is 4.28. The Labute approximate surface area is 150 Å². The van der Waals surface area contributed by atoms with E-state index in [9.17, 15) is 0 Å². The van der Waals surface area contributed by atoms with Crippen LogP contribution in [0.1, 0.15) is 17.5 Å². The third kappa shape index (κ3) is 2.21. The van der Waals surface area contributed by atoms with Crippen LogP contribution in [-0.2, 0) is 12.8 Å². The number of nitrogens with zero attached hydrogens (tertiary/aromatic N) is 2. The van der Waals surface area contributed by atoms with Crippen molar-refractivity contribution in [3.8, 4) is 22.3 Å². The third-order valence-electron chi connectivity index (χ3n) is 4.98. The van der Waals surface area contributed by atoms with E-state index < -0.39 is 0 Å².